The number of carbonyl (C=O) groups is 1. The fourth-order valence-corrected chi connectivity index (χ4v) is 6.84. The predicted molar refractivity (Wildman–Crippen MR) is 160 cm³/mol. The number of rotatable bonds is 8. The molecule has 2 unspecified atom stereocenters. The molecule has 1 heterocycles. The third-order valence-corrected chi connectivity index (χ3v) is 9.31. The molecule has 2 atom stereocenters. The highest BCUT2D eigenvalue weighted by atomic mass is 32.2. The van der Waals surface area contributed by atoms with Gasteiger partial charge in [-0.05, 0) is 54.5 Å². The maximum atomic E-state index is 14.5. The van der Waals surface area contributed by atoms with Gasteiger partial charge in [-0.2, -0.15) is 4.31 Å². The number of hydrogen-bond donors (Lipinski definition) is 1. The Morgan fingerprint density at radius 1 is 0.900 bits per heavy atom. The van der Waals surface area contributed by atoms with Gasteiger partial charge in [-0.25, -0.2) is 8.42 Å². The minimum atomic E-state index is -4.03. The zero-order chi connectivity index (χ0) is 29.1. The minimum absolute atomic E-state index is 0.0701. The molecule has 1 aliphatic rings. The number of amides is 1. The highest BCUT2D eigenvalue weighted by molar-refractivity contribution is 7.89. The lowest BCUT2D eigenvalue weighted by molar-refractivity contribution is -0.118. The van der Waals surface area contributed by atoms with Crippen molar-refractivity contribution in [1.82, 2.24) is 9.62 Å². The van der Waals surface area contributed by atoms with E-state index in [4.69, 9.17) is 4.74 Å². The lowest BCUT2D eigenvalue weighted by Gasteiger charge is -2.41. The first-order valence-corrected chi connectivity index (χ1v) is 15.1. The van der Waals surface area contributed by atoms with E-state index in [1.54, 1.807) is 35.7 Å². The van der Waals surface area contributed by atoms with Crippen LogP contribution in [0.5, 0.6) is 0 Å². The molecule has 0 saturated heterocycles. The van der Waals surface area contributed by atoms with Gasteiger partial charge in [0, 0.05) is 19.2 Å². The van der Waals surface area contributed by atoms with Crippen molar-refractivity contribution in [1.29, 1.82) is 0 Å². The van der Waals surface area contributed by atoms with E-state index in [0.29, 0.717) is 25.1 Å². The molecular weight excluding hydrogens is 520 g/mol. The van der Waals surface area contributed by atoms with Crippen LogP contribution in [0.15, 0.2) is 89.3 Å². The fraction of sp³-hybridized carbons (Fsp3) is 0.364. The number of nitrogens with zero attached hydrogens (tertiary/aromatic N) is 1. The third-order valence-electron chi connectivity index (χ3n) is 7.42. The van der Waals surface area contributed by atoms with E-state index in [2.05, 4.69) is 26.1 Å². The molecule has 1 amide bonds. The van der Waals surface area contributed by atoms with E-state index in [9.17, 15) is 13.2 Å². The van der Waals surface area contributed by atoms with E-state index in [1.165, 1.54) is 0 Å². The van der Waals surface area contributed by atoms with Crippen LogP contribution in [-0.4, -0.2) is 38.9 Å². The van der Waals surface area contributed by atoms with Crippen molar-refractivity contribution in [3.63, 3.8) is 0 Å². The molecule has 0 aromatic heterocycles. The van der Waals surface area contributed by atoms with Crippen molar-refractivity contribution in [2.24, 2.45) is 0 Å². The highest BCUT2D eigenvalue weighted by Crippen LogP contribution is 2.46. The topological polar surface area (TPSA) is 75.7 Å². The smallest absolute Gasteiger partial charge is 0.248 e. The summed E-state index contributed by atoms with van der Waals surface area (Å²) in [5.41, 5.74) is 5.17. The molecule has 3 aromatic rings. The summed E-state index contributed by atoms with van der Waals surface area (Å²) in [6.45, 7) is 11.0. The van der Waals surface area contributed by atoms with Gasteiger partial charge in [-0.15, -0.1) is 0 Å². The largest absolute Gasteiger partial charge is 0.383 e. The van der Waals surface area contributed by atoms with E-state index in [1.807, 2.05) is 68.5 Å². The van der Waals surface area contributed by atoms with Gasteiger partial charge >= 0.3 is 0 Å². The van der Waals surface area contributed by atoms with E-state index >= 15 is 0 Å². The molecule has 0 fully saturated rings. The van der Waals surface area contributed by atoms with Crippen LogP contribution in [0.25, 0.3) is 0 Å². The standard InChI is InChI=1S/C33H40N2O4S/c1-23-7-11-25(12-8-23)30-20-19-29(32(36)34-21-22-39-6)31(26-13-15-27(16-14-26)33(3,4)5)35(30)40(37,38)28-17-9-24(2)10-18-28/h7-19,30-31H,20-22H2,1-6H3,(H,34,36). The van der Waals surface area contributed by atoms with Crippen molar-refractivity contribution >= 4 is 15.9 Å². The Balaban J connectivity index is 1.92. The summed E-state index contributed by atoms with van der Waals surface area (Å²) in [5, 5.41) is 2.92. The van der Waals surface area contributed by atoms with Gasteiger partial charge in [0.05, 0.1) is 23.6 Å². The number of benzene rings is 3. The molecular formula is C33H40N2O4S. The molecule has 0 radical (unpaired) electrons. The van der Waals surface area contributed by atoms with Crippen LogP contribution in [0.3, 0.4) is 0 Å². The first-order valence-electron chi connectivity index (χ1n) is 13.7. The summed E-state index contributed by atoms with van der Waals surface area (Å²) >= 11 is 0. The van der Waals surface area contributed by atoms with Crippen LogP contribution in [-0.2, 0) is 25.0 Å². The van der Waals surface area contributed by atoms with Crippen LogP contribution in [0.2, 0.25) is 0 Å². The molecule has 1 aliphatic heterocycles. The summed E-state index contributed by atoms with van der Waals surface area (Å²) < 4.78 is 35.7. The van der Waals surface area contributed by atoms with Gasteiger partial charge in [-0.1, -0.05) is 98.6 Å². The Morgan fingerprint density at radius 2 is 1.45 bits per heavy atom. The molecule has 0 saturated carbocycles. The Hall–Kier alpha value is -3.26. The van der Waals surface area contributed by atoms with E-state index in [0.717, 1.165) is 27.8 Å². The Bertz CT molecular complexity index is 1450. The lowest BCUT2D eigenvalue weighted by Crippen LogP contribution is -2.44. The molecule has 7 heteroatoms. The normalized spacial score (nSPS) is 18.3. The molecule has 0 bridgehead atoms. The lowest BCUT2D eigenvalue weighted by atomic mass is 9.84. The van der Waals surface area contributed by atoms with Crippen molar-refractivity contribution < 1.29 is 17.9 Å². The quantitative estimate of drug-likeness (QED) is 0.335. The number of ether oxygens (including phenoxy) is 1. The maximum Gasteiger partial charge on any atom is 0.248 e. The second-order valence-electron chi connectivity index (χ2n) is 11.5. The Kier molecular flexibility index (Phi) is 8.98. The third kappa shape index (κ3) is 6.38. The van der Waals surface area contributed by atoms with Crippen molar-refractivity contribution in [3.05, 3.63) is 112 Å². The zero-order valence-electron chi connectivity index (χ0n) is 24.3. The zero-order valence-corrected chi connectivity index (χ0v) is 25.1. The maximum absolute atomic E-state index is 14.5. The number of sulfonamides is 1. The Labute approximate surface area is 239 Å². The number of aryl methyl sites for hydroxylation is 2. The molecule has 0 aliphatic carbocycles. The summed E-state index contributed by atoms with van der Waals surface area (Å²) in [6, 6.07) is 21.5. The van der Waals surface area contributed by atoms with Gasteiger partial charge in [0.2, 0.25) is 15.9 Å². The summed E-state index contributed by atoms with van der Waals surface area (Å²) in [4.78, 5) is 13.8. The van der Waals surface area contributed by atoms with Gasteiger partial charge in [0.1, 0.15) is 0 Å². The molecule has 3 aromatic carbocycles. The van der Waals surface area contributed by atoms with Crippen LogP contribution < -0.4 is 5.32 Å². The van der Waals surface area contributed by atoms with Crippen LogP contribution in [0.1, 0.15) is 67.1 Å². The van der Waals surface area contributed by atoms with Gasteiger partial charge in [0.25, 0.3) is 0 Å². The van der Waals surface area contributed by atoms with Gasteiger partial charge in [0.15, 0.2) is 0 Å². The minimum Gasteiger partial charge on any atom is -0.383 e. The number of nitrogens with one attached hydrogen (secondary N) is 1. The Morgan fingerprint density at radius 3 is 2.00 bits per heavy atom. The number of carbonyl (C=O) groups excluding carboxylic acids is 1. The highest BCUT2D eigenvalue weighted by Gasteiger charge is 2.44. The average Bonchev–Trinajstić information content (AvgIpc) is 2.92. The van der Waals surface area contributed by atoms with E-state index in [-0.39, 0.29) is 16.2 Å². The average molecular weight is 561 g/mol. The first-order chi connectivity index (χ1) is 18.9. The SMILES string of the molecule is COCCNC(=O)C1=CCC(c2ccc(C)cc2)N(S(=O)(=O)c2ccc(C)cc2)C1c1ccc(C(C)(C)C)cc1. The molecule has 40 heavy (non-hydrogen) atoms. The van der Waals surface area contributed by atoms with Crippen molar-refractivity contribution in [2.45, 2.75) is 63.4 Å². The monoisotopic (exact) mass is 560 g/mol. The molecule has 212 valence electrons. The fourth-order valence-electron chi connectivity index (χ4n) is 5.06. The van der Waals surface area contributed by atoms with Gasteiger partial charge < -0.3 is 10.1 Å². The molecule has 4 rings (SSSR count). The summed E-state index contributed by atoms with van der Waals surface area (Å²) in [6.07, 6.45) is 2.27. The first kappa shape index (κ1) is 29.7. The van der Waals surface area contributed by atoms with E-state index < -0.39 is 22.1 Å². The number of hydrogen-bond acceptors (Lipinski definition) is 4. The summed E-state index contributed by atoms with van der Waals surface area (Å²) in [7, 11) is -2.45. The predicted octanol–water partition coefficient (Wildman–Crippen LogP) is 6.17. The van der Waals surface area contributed by atoms with Crippen molar-refractivity contribution in [2.75, 3.05) is 20.3 Å². The van der Waals surface area contributed by atoms with Crippen LogP contribution in [0.4, 0.5) is 0 Å². The summed E-state index contributed by atoms with van der Waals surface area (Å²) in [5.74, 6) is -0.298. The van der Waals surface area contributed by atoms with Gasteiger partial charge in [-0.3, -0.25) is 4.79 Å². The molecule has 6 nitrogen and oxygen atoms in total. The van der Waals surface area contributed by atoms with Crippen LogP contribution in [0, 0.1) is 13.8 Å². The van der Waals surface area contributed by atoms with Crippen molar-refractivity contribution in [3.8, 4) is 0 Å². The molecule has 0 spiro atoms. The van der Waals surface area contributed by atoms with Crippen LogP contribution >= 0.6 is 0 Å². The molecule has 1 N–H and O–H groups in total. The second kappa shape index (κ2) is 12.1. The number of methoxy groups -OCH3 is 1. The second-order valence-corrected chi connectivity index (χ2v) is 13.3.